The lowest BCUT2D eigenvalue weighted by Gasteiger charge is -2.32. The summed E-state index contributed by atoms with van der Waals surface area (Å²) in [5.74, 6) is 1.83. The number of rotatable bonds is 7. The van der Waals surface area contributed by atoms with Crippen LogP contribution in [0.5, 0.6) is 0 Å². The van der Waals surface area contributed by atoms with E-state index in [1.54, 1.807) is 0 Å². The van der Waals surface area contributed by atoms with E-state index in [0.717, 1.165) is 31.2 Å². The number of hydrogen-bond donors (Lipinski definition) is 1. The lowest BCUT2D eigenvalue weighted by Crippen LogP contribution is -2.34. The van der Waals surface area contributed by atoms with Gasteiger partial charge in [0.1, 0.15) is 9.84 Å². The largest absolute Gasteiger partial charge is 0.314 e. The molecular formula is C14H29NO2S. The average molecular weight is 275 g/mol. The number of hydrogen-bond acceptors (Lipinski definition) is 3. The smallest absolute Gasteiger partial charge is 0.147 e. The molecule has 2 atom stereocenters. The molecule has 1 rings (SSSR count). The maximum atomic E-state index is 11.2. The minimum atomic E-state index is -2.78. The molecule has 0 aromatic rings. The summed E-state index contributed by atoms with van der Waals surface area (Å²) in [6, 6.07) is 0.545. The van der Waals surface area contributed by atoms with Crippen LogP contribution in [0.15, 0.2) is 0 Å². The van der Waals surface area contributed by atoms with Crippen molar-refractivity contribution in [3.63, 3.8) is 0 Å². The third-order valence-corrected chi connectivity index (χ3v) is 4.98. The van der Waals surface area contributed by atoms with Crippen molar-refractivity contribution >= 4 is 9.84 Å². The van der Waals surface area contributed by atoms with Gasteiger partial charge in [-0.1, -0.05) is 33.1 Å². The lowest BCUT2D eigenvalue weighted by molar-refractivity contribution is 0.213. The maximum absolute atomic E-state index is 11.2. The summed E-state index contributed by atoms with van der Waals surface area (Å²) in [6.07, 6.45) is 8.51. The van der Waals surface area contributed by atoms with Gasteiger partial charge in [0, 0.05) is 18.1 Å². The van der Waals surface area contributed by atoms with Crippen LogP contribution in [0.4, 0.5) is 0 Å². The second-order valence-corrected chi connectivity index (χ2v) is 8.40. The van der Waals surface area contributed by atoms with Crippen molar-refractivity contribution in [1.82, 2.24) is 5.32 Å². The molecule has 1 N–H and O–H groups in total. The van der Waals surface area contributed by atoms with Crippen LogP contribution in [-0.4, -0.2) is 33.0 Å². The molecular weight excluding hydrogens is 246 g/mol. The van der Waals surface area contributed by atoms with E-state index in [1.165, 1.54) is 31.9 Å². The average Bonchev–Trinajstić information content (AvgIpc) is 2.26. The SMILES string of the molecule is CC(C)NCC1CCCCC1CCCS(C)(=O)=O. The second-order valence-electron chi connectivity index (χ2n) is 6.14. The molecule has 0 aromatic heterocycles. The van der Waals surface area contributed by atoms with Gasteiger partial charge in [-0.15, -0.1) is 0 Å². The predicted molar refractivity (Wildman–Crippen MR) is 77.5 cm³/mol. The van der Waals surface area contributed by atoms with Gasteiger partial charge < -0.3 is 5.32 Å². The van der Waals surface area contributed by atoms with Crippen molar-refractivity contribution in [3.8, 4) is 0 Å². The van der Waals surface area contributed by atoms with Crippen LogP contribution in [0, 0.1) is 11.8 Å². The van der Waals surface area contributed by atoms with E-state index in [9.17, 15) is 8.42 Å². The van der Waals surface area contributed by atoms with Gasteiger partial charge in [0.25, 0.3) is 0 Å². The topological polar surface area (TPSA) is 46.2 Å². The summed E-state index contributed by atoms with van der Waals surface area (Å²) >= 11 is 0. The van der Waals surface area contributed by atoms with Gasteiger partial charge in [0.05, 0.1) is 0 Å². The molecule has 0 aliphatic heterocycles. The molecule has 108 valence electrons. The zero-order valence-electron chi connectivity index (χ0n) is 12.1. The second kappa shape index (κ2) is 7.49. The molecule has 2 unspecified atom stereocenters. The van der Waals surface area contributed by atoms with Crippen LogP contribution in [0.2, 0.25) is 0 Å². The van der Waals surface area contributed by atoms with Crippen molar-refractivity contribution in [3.05, 3.63) is 0 Å². The predicted octanol–water partition coefficient (Wildman–Crippen LogP) is 2.62. The van der Waals surface area contributed by atoms with E-state index in [4.69, 9.17) is 0 Å². The highest BCUT2D eigenvalue weighted by molar-refractivity contribution is 7.90. The maximum Gasteiger partial charge on any atom is 0.147 e. The summed E-state index contributed by atoms with van der Waals surface area (Å²) in [4.78, 5) is 0. The zero-order valence-corrected chi connectivity index (χ0v) is 12.9. The molecule has 0 radical (unpaired) electrons. The summed E-state index contributed by atoms with van der Waals surface area (Å²) < 4.78 is 22.3. The summed E-state index contributed by atoms with van der Waals surface area (Å²) in [7, 11) is -2.78. The molecule has 0 bridgehead atoms. The number of sulfone groups is 1. The van der Waals surface area contributed by atoms with Gasteiger partial charge in [-0.2, -0.15) is 0 Å². The Kier molecular flexibility index (Phi) is 6.64. The van der Waals surface area contributed by atoms with Gasteiger partial charge in [0.15, 0.2) is 0 Å². The van der Waals surface area contributed by atoms with Gasteiger partial charge in [-0.3, -0.25) is 0 Å². The molecule has 0 saturated heterocycles. The Hall–Kier alpha value is -0.0900. The van der Waals surface area contributed by atoms with Gasteiger partial charge in [-0.05, 0) is 37.6 Å². The Morgan fingerprint density at radius 1 is 1.17 bits per heavy atom. The Labute approximate surface area is 113 Å². The summed E-state index contributed by atoms with van der Waals surface area (Å²) in [5.41, 5.74) is 0. The highest BCUT2D eigenvalue weighted by atomic mass is 32.2. The fourth-order valence-electron chi connectivity index (χ4n) is 2.93. The molecule has 0 aromatic carbocycles. The number of nitrogens with one attached hydrogen (secondary N) is 1. The zero-order chi connectivity index (χ0) is 13.6. The quantitative estimate of drug-likeness (QED) is 0.777. The van der Waals surface area contributed by atoms with Crippen LogP contribution < -0.4 is 5.32 Å². The first kappa shape index (κ1) is 16.0. The fourth-order valence-corrected chi connectivity index (χ4v) is 3.62. The normalized spacial score (nSPS) is 25.6. The molecule has 1 aliphatic rings. The van der Waals surface area contributed by atoms with E-state index in [1.807, 2.05) is 0 Å². The minimum absolute atomic E-state index is 0.355. The van der Waals surface area contributed by atoms with Crippen LogP contribution in [0.1, 0.15) is 52.4 Å². The molecule has 0 spiro atoms. The summed E-state index contributed by atoms with van der Waals surface area (Å²) in [6.45, 7) is 5.46. The first-order valence-corrected chi connectivity index (χ1v) is 9.35. The Bertz CT molecular complexity index is 325. The van der Waals surface area contributed by atoms with Crippen molar-refractivity contribution in [1.29, 1.82) is 0 Å². The van der Waals surface area contributed by atoms with Gasteiger partial charge >= 0.3 is 0 Å². The van der Waals surface area contributed by atoms with Crippen molar-refractivity contribution < 1.29 is 8.42 Å². The first-order valence-electron chi connectivity index (χ1n) is 7.29. The van der Waals surface area contributed by atoms with Crippen molar-refractivity contribution in [2.45, 2.75) is 58.4 Å². The fraction of sp³-hybridized carbons (Fsp3) is 1.00. The highest BCUT2D eigenvalue weighted by Crippen LogP contribution is 2.32. The Morgan fingerprint density at radius 2 is 1.78 bits per heavy atom. The van der Waals surface area contributed by atoms with Crippen molar-refractivity contribution in [2.24, 2.45) is 11.8 Å². The molecule has 18 heavy (non-hydrogen) atoms. The third kappa shape index (κ3) is 6.74. The lowest BCUT2D eigenvalue weighted by atomic mass is 9.77. The molecule has 0 amide bonds. The third-order valence-electron chi connectivity index (χ3n) is 3.94. The Morgan fingerprint density at radius 3 is 2.33 bits per heavy atom. The molecule has 3 nitrogen and oxygen atoms in total. The van der Waals surface area contributed by atoms with E-state index >= 15 is 0 Å². The van der Waals surface area contributed by atoms with Gasteiger partial charge in [0.2, 0.25) is 0 Å². The first-order chi connectivity index (χ1) is 8.38. The molecule has 1 saturated carbocycles. The van der Waals surface area contributed by atoms with Gasteiger partial charge in [-0.25, -0.2) is 8.42 Å². The van der Waals surface area contributed by atoms with Crippen molar-refractivity contribution in [2.75, 3.05) is 18.6 Å². The van der Waals surface area contributed by atoms with Crippen LogP contribution >= 0.6 is 0 Å². The van der Waals surface area contributed by atoms with Crippen LogP contribution in [-0.2, 0) is 9.84 Å². The van der Waals surface area contributed by atoms with Crippen LogP contribution in [0.3, 0.4) is 0 Å². The van der Waals surface area contributed by atoms with E-state index < -0.39 is 9.84 Å². The van der Waals surface area contributed by atoms with E-state index in [0.29, 0.717) is 11.8 Å². The van der Waals surface area contributed by atoms with Crippen LogP contribution in [0.25, 0.3) is 0 Å². The monoisotopic (exact) mass is 275 g/mol. The van der Waals surface area contributed by atoms with E-state index in [2.05, 4.69) is 19.2 Å². The minimum Gasteiger partial charge on any atom is -0.314 e. The summed E-state index contributed by atoms with van der Waals surface area (Å²) in [5, 5.41) is 3.53. The molecule has 0 heterocycles. The highest BCUT2D eigenvalue weighted by Gasteiger charge is 2.24. The molecule has 1 fully saturated rings. The molecule has 4 heteroatoms. The molecule has 1 aliphatic carbocycles. The Balaban J connectivity index is 2.34. The van der Waals surface area contributed by atoms with E-state index in [-0.39, 0.29) is 0 Å². The standard InChI is InChI=1S/C14H29NO2S/c1-12(2)15-11-14-8-5-4-7-13(14)9-6-10-18(3,16)17/h12-15H,4-11H2,1-3H3.